The average Bonchev–Trinajstić information content (AvgIpc) is 3.46. The van der Waals surface area contributed by atoms with Gasteiger partial charge >= 0.3 is 0 Å². The van der Waals surface area contributed by atoms with Gasteiger partial charge in [-0.2, -0.15) is 0 Å². The van der Waals surface area contributed by atoms with Crippen LogP contribution >= 0.6 is 23.1 Å². The van der Waals surface area contributed by atoms with Gasteiger partial charge in [0.05, 0.1) is 25.7 Å². The molecule has 35 heavy (non-hydrogen) atoms. The first-order valence-corrected chi connectivity index (χ1v) is 13.0. The highest BCUT2D eigenvalue weighted by atomic mass is 32.2. The monoisotopic (exact) mass is 508 g/mol. The molecule has 2 aromatic heterocycles. The molecule has 9 heteroatoms. The molecule has 0 fully saturated rings. The van der Waals surface area contributed by atoms with Gasteiger partial charge in [0.15, 0.2) is 11.0 Å². The Morgan fingerprint density at radius 3 is 2.54 bits per heavy atom. The van der Waals surface area contributed by atoms with Crippen molar-refractivity contribution in [1.29, 1.82) is 0 Å². The Kier molecular flexibility index (Phi) is 7.77. The normalized spacial score (nSPS) is 10.9. The second-order valence-corrected chi connectivity index (χ2v) is 9.93. The third-order valence-corrected chi connectivity index (χ3v) is 7.48. The second kappa shape index (κ2) is 11.0. The zero-order chi connectivity index (χ0) is 24.9. The van der Waals surface area contributed by atoms with E-state index in [0.717, 1.165) is 17.0 Å². The zero-order valence-corrected chi connectivity index (χ0v) is 22.0. The standard InChI is InChI=1S/C26H28N4O3S2/c1-6-30-25(20-14-34-17(3)24(20)18-9-7-16(2)8-10-18)28-29-26(30)35-15-23(31)27-21-12-11-19(32-4)13-22(21)33-5/h7-14H,6,15H2,1-5H3,(H,27,31). The van der Waals surface area contributed by atoms with Gasteiger partial charge in [0.2, 0.25) is 5.91 Å². The van der Waals surface area contributed by atoms with Crippen molar-refractivity contribution < 1.29 is 14.3 Å². The van der Waals surface area contributed by atoms with E-state index in [0.29, 0.717) is 28.9 Å². The molecule has 4 aromatic rings. The highest BCUT2D eigenvalue weighted by Crippen LogP contribution is 2.39. The fourth-order valence-electron chi connectivity index (χ4n) is 3.80. The second-order valence-electron chi connectivity index (χ2n) is 7.90. The summed E-state index contributed by atoms with van der Waals surface area (Å²) in [6, 6.07) is 13.8. The number of nitrogens with one attached hydrogen (secondary N) is 1. The van der Waals surface area contributed by atoms with Crippen molar-refractivity contribution in [3.05, 3.63) is 58.3 Å². The first-order chi connectivity index (χ1) is 16.9. The summed E-state index contributed by atoms with van der Waals surface area (Å²) in [7, 11) is 3.14. The number of carbonyl (C=O) groups excluding carboxylic acids is 1. The van der Waals surface area contributed by atoms with Gasteiger partial charge in [-0.15, -0.1) is 21.5 Å². The lowest BCUT2D eigenvalue weighted by atomic mass is 10.0. The molecule has 2 heterocycles. The first-order valence-electron chi connectivity index (χ1n) is 11.2. The lowest BCUT2D eigenvalue weighted by molar-refractivity contribution is -0.113. The lowest BCUT2D eigenvalue weighted by Crippen LogP contribution is -2.15. The highest BCUT2D eigenvalue weighted by Gasteiger charge is 2.20. The third-order valence-electron chi connectivity index (χ3n) is 5.60. The van der Waals surface area contributed by atoms with Crippen LogP contribution in [0.2, 0.25) is 0 Å². The summed E-state index contributed by atoms with van der Waals surface area (Å²) in [4.78, 5) is 13.9. The summed E-state index contributed by atoms with van der Waals surface area (Å²) in [5, 5.41) is 14.7. The molecule has 0 aliphatic rings. The summed E-state index contributed by atoms with van der Waals surface area (Å²) in [5.74, 6) is 2.05. The number of benzene rings is 2. The maximum Gasteiger partial charge on any atom is 0.234 e. The number of anilines is 1. The number of amides is 1. The Labute approximate surface area is 213 Å². The first kappa shape index (κ1) is 24.8. The molecule has 0 unspecified atom stereocenters. The molecular formula is C26H28N4O3S2. The Morgan fingerprint density at radius 1 is 1.09 bits per heavy atom. The highest BCUT2D eigenvalue weighted by molar-refractivity contribution is 7.99. The summed E-state index contributed by atoms with van der Waals surface area (Å²) >= 11 is 3.07. The van der Waals surface area contributed by atoms with Crippen LogP contribution in [-0.2, 0) is 11.3 Å². The van der Waals surface area contributed by atoms with Crippen molar-refractivity contribution in [1.82, 2.24) is 14.8 Å². The number of rotatable bonds is 9. The number of ether oxygens (including phenoxy) is 2. The summed E-state index contributed by atoms with van der Waals surface area (Å²) in [5.41, 5.74) is 5.22. The predicted molar refractivity (Wildman–Crippen MR) is 143 cm³/mol. The molecule has 0 bridgehead atoms. The Hall–Kier alpha value is -3.30. The van der Waals surface area contributed by atoms with E-state index in [1.807, 2.05) is 0 Å². The number of aryl methyl sites for hydroxylation is 2. The minimum absolute atomic E-state index is 0.155. The molecule has 7 nitrogen and oxygen atoms in total. The molecule has 2 aromatic carbocycles. The van der Waals surface area contributed by atoms with Gasteiger partial charge in [-0.25, -0.2) is 0 Å². The molecule has 0 spiro atoms. The number of thiophene rings is 1. The van der Waals surface area contributed by atoms with Gasteiger partial charge in [0, 0.05) is 34.0 Å². The van der Waals surface area contributed by atoms with Crippen LogP contribution in [-0.4, -0.2) is 40.6 Å². The molecule has 4 rings (SSSR count). The quantitative estimate of drug-likeness (QED) is 0.277. The van der Waals surface area contributed by atoms with Gasteiger partial charge in [-0.05, 0) is 38.5 Å². The molecule has 0 radical (unpaired) electrons. The third kappa shape index (κ3) is 5.36. The Morgan fingerprint density at radius 2 is 1.86 bits per heavy atom. The number of carbonyl (C=O) groups is 1. The predicted octanol–water partition coefficient (Wildman–Crippen LogP) is 6.06. The Balaban J connectivity index is 1.53. The van der Waals surface area contributed by atoms with Crippen LogP contribution in [0.1, 0.15) is 17.4 Å². The fourth-order valence-corrected chi connectivity index (χ4v) is 5.46. The van der Waals surface area contributed by atoms with Gasteiger partial charge in [0.25, 0.3) is 0 Å². The van der Waals surface area contributed by atoms with Crippen LogP contribution in [0.5, 0.6) is 11.5 Å². The minimum atomic E-state index is -0.155. The van der Waals surface area contributed by atoms with E-state index in [4.69, 9.17) is 9.47 Å². The van der Waals surface area contributed by atoms with E-state index >= 15 is 0 Å². The van der Waals surface area contributed by atoms with E-state index in [2.05, 4.69) is 70.5 Å². The van der Waals surface area contributed by atoms with Crippen LogP contribution in [0.3, 0.4) is 0 Å². The van der Waals surface area contributed by atoms with Gasteiger partial charge in [0.1, 0.15) is 11.5 Å². The van der Waals surface area contributed by atoms with Crippen molar-refractivity contribution in [2.75, 3.05) is 25.3 Å². The van der Waals surface area contributed by atoms with Crippen LogP contribution < -0.4 is 14.8 Å². The summed E-state index contributed by atoms with van der Waals surface area (Å²) in [6.07, 6.45) is 0. The number of hydrogen-bond donors (Lipinski definition) is 1. The van der Waals surface area contributed by atoms with Crippen molar-refractivity contribution in [3.63, 3.8) is 0 Å². The van der Waals surface area contributed by atoms with Crippen molar-refractivity contribution in [2.45, 2.75) is 32.5 Å². The van der Waals surface area contributed by atoms with E-state index < -0.39 is 0 Å². The Bertz CT molecular complexity index is 1330. The number of aromatic nitrogens is 3. The zero-order valence-electron chi connectivity index (χ0n) is 20.4. The number of nitrogens with zero attached hydrogens (tertiary/aromatic N) is 3. The SMILES string of the molecule is CCn1c(SCC(=O)Nc2ccc(OC)cc2OC)nnc1-c1csc(C)c1-c1ccc(C)cc1. The number of methoxy groups -OCH3 is 2. The van der Waals surface area contributed by atoms with Gasteiger partial charge in [-0.3, -0.25) is 4.79 Å². The molecule has 0 aliphatic carbocycles. The lowest BCUT2D eigenvalue weighted by Gasteiger charge is -2.12. The van der Waals surface area contributed by atoms with Crippen LogP contribution in [0.25, 0.3) is 22.5 Å². The topological polar surface area (TPSA) is 78.3 Å². The molecular weight excluding hydrogens is 480 g/mol. The summed E-state index contributed by atoms with van der Waals surface area (Å²) < 4.78 is 12.6. The smallest absolute Gasteiger partial charge is 0.234 e. The van der Waals surface area contributed by atoms with E-state index in [1.54, 1.807) is 43.8 Å². The van der Waals surface area contributed by atoms with Crippen LogP contribution in [0, 0.1) is 13.8 Å². The molecule has 0 saturated carbocycles. The van der Waals surface area contributed by atoms with E-state index in [-0.39, 0.29) is 11.7 Å². The van der Waals surface area contributed by atoms with Crippen LogP contribution in [0.4, 0.5) is 5.69 Å². The van der Waals surface area contributed by atoms with E-state index in [9.17, 15) is 4.79 Å². The number of hydrogen-bond acceptors (Lipinski definition) is 7. The number of thioether (sulfide) groups is 1. The van der Waals surface area contributed by atoms with Crippen LogP contribution in [0.15, 0.2) is 53.0 Å². The van der Waals surface area contributed by atoms with Crippen molar-refractivity contribution in [3.8, 4) is 34.0 Å². The van der Waals surface area contributed by atoms with Crippen molar-refractivity contribution >= 4 is 34.7 Å². The fraction of sp³-hybridized carbons (Fsp3) is 0.269. The molecule has 0 atom stereocenters. The minimum Gasteiger partial charge on any atom is -0.497 e. The van der Waals surface area contributed by atoms with Gasteiger partial charge in [-0.1, -0.05) is 41.6 Å². The molecule has 182 valence electrons. The van der Waals surface area contributed by atoms with Gasteiger partial charge < -0.3 is 19.4 Å². The molecule has 1 N–H and O–H groups in total. The molecule has 1 amide bonds. The molecule has 0 aliphatic heterocycles. The average molecular weight is 509 g/mol. The largest absolute Gasteiger partial charge is 0.497 e. The molecule has 0 saturated heterocycles. The maximum atomic E-state index is 12.7. The van der Waals surface area contributed by atoms with E-state index in [1.165, 1.54) is 27.8 Å². The summed E-state index contributed by atoms with van der Waals surface area (Å²) in [6.45, 7) is 6.97. The van der Waals surface area contributed by atoms with Crippen molar-refractivity contribution in [2.24, 2.45) is 0 Å². The maximum absolute atomic E-state index is 12.7.